The third kappa shape index (κ3) is 6.07. The van der Waals surface area contributed by atoms with Crippen molar-refractivity contribution < 1.29 is 4.43 Å². The largest absolute Gasteiger partial charge is 0.410 e. The summed E-state index contributed by atoms with van der Waals surface area (Å²) in [4.78, 5) is 0. The summed E-state index contributed by atoms with van der Waals surface area (Å²) in [5, 5.41) is 0.219. The highest BCUT2D eigenvalue weighted by molar-refractivity contribution is 6.74. The molecule has 0 amide bonds. The minimum atomic E-state index is -1.80. The molecule has 0 bridgehead atoms. The number of rotatable bonds is 8. The third-order valence-electron chi connectivity index (χ3n) is 5.27. The molecule has 0 aromatic heterocycles. The summed E-state index contributed by atoms with van der Waals surface area (Å²) in [5.74, 6) is 0.326. The molecular weight excluding hydrogens is 308 g/mol. The molecule has 0 saturated heterocycles. The van der Waals surface area contributed by atoms with Crippen molar-refractivity contribution in [3.63, 3.8) is 0 Å². The fourth-order valence-corrected chi connectivity index (χ4v) is 3.85. The van der Waals surface area contributed by atoms with E-state index in [0.29, 0.717) is 5.92 Å². The minimum absolute atomic E-state index is 0.138. The first-order chi connectivity index (χ1) is 11.1. The van der Waals surface area contributed by atoms with Crippen molar-refractivity contribution in [2.24, 2.45) is 5.92 Å². The molecular formula is C22H36OSi. The molecule has 0 fully saturated rings. The number of hydrogen-bond acceptors (Lipinski definition) is 1. The van der Waals surface area contributed by atoms with Crippen LogP contribution in [-0.2, 0) is 10.8 Å². The Morgan fingerprint density at radius 1 is 1.21 bits per heavy atom. The molecule has 2 heteroatoms. The first-order valence-electron chi connectivity index (χ1n) is 9.09. The predicted octanol–water partition coefficient (Wildman–Crippen LogP) is 6.78. The van der Waals surface area contributed by atoms with Crippen LogP contribution < -0.4 is 0 Å². The van der Waals surface area contributed by atoms with Gasteiger partial charge in [0.25, 0.3) is 0 Å². The SMILES string of the molecule is C=C[C@@H](C)[C@@H](O[Si](C)(C)C(C)(C)C)/C(C)=C/CCc1ccccc1. The van der Waals surface area contributed by atoms with Crippen molar-refractivity contribution >= 4 is 8.32 Å². The molecule has 2 atom stereocenters. The summed E-state index contributed by atoms with van der Waals surface area (Å²) in [6, 6.07) is 10.7. The van der Waals surface area contributed by atoms with Gasteiger partial charge in [0.1, 0.15) is 0 Å². The maximum Gasteiger partial charge on any atom is 0.192 e. The van der Waals surface area contributed by atoms with Crippen molar-refractivity contribution in [3.05, 3.63) is 60.2 Å². The minimum Gasteiger partial charge on any atom is -0.410 e. The van der Waals surface area contributed by atoms with E-state index in [1.165, 1.54) is 11.1 Å². The fourth-order valence-electron chi connectivity index (χ4n) is 2.46. The monoisotopic (exact) mass is 344 g/mol. The molecule has 1 aromatic carbocycles. The molecule has 24 heavy (non-hydrogen) atoms. The highest BCUT2D eigenvalue weighted by Gasteiger charge is 2.40. The van der Waals surface area contributed by atoms with Gasteiger partial charge < -0.3 is 4.43 Å². The smallest absolute Gasteiger partial charge is 0.192 e. The van der Waals surface area contributed by atoms with E-state index in [1.54, 1.807) is 0 Å². The molecule has 134 valence electrons. The Hall–Kier alpha value is -1.12. The van der Waals surface area contributed by atoms with Crippen LogP contribution in [0.1, 0.15) is 46.6 Å². The van der Waals surface area contributed by atoms with E-state index in [4.69, 9.17) is 4.43 Å². The maximum atomic E-state index is 6.72. The summed E-state index contributed by atoms with van der Waals surface area (Å²) in [6.45, 7) is 19.9. The van der Waals surface area contributed by atoms with Crippen molar-refractivity contribution in [1.29, 1.82) is 0 Å². The number of allylic oxidation sites excluding steroid dienone is 1. The Labute approximate surface area is 151 Å². The molecule has 0 unspecified atom stereocenters. The molecule has 1 aromatic rings. The molecule has 0 spiro atoms. The van der Waals surface area contributed by atoms with Gasteiger partial charge in [0.05, 0.1) is 6.10 Å². The molecule has 0 heterocycles. The lowest BCUT2D eigenvalue weighted by molar-refractivity contribution is 0.178. The van der Waals surface area contributed by atoms with Gasteiger partial charge in [-0.2, -0.15) is 0 Å². The van der Waals surface area contributed by atoms with Crippen LogP contribution in [-0.4, -0.2) is 14.4 Å². The standard InChI is InChI=1S/C22H36OSi/c1-9-18(2)21(23-24(7,8)22(4,5)6)19(3)14-13-17-20-15-11-10-12-16-20/h9-12,14-16,18,21H,1,13,17H2,2-8H3/b19-14+/t18-,21-/m1/s1. The van der Waals surface area contributed by atoms with Gasteiger partial charge in [0, 0.05) is 5.92 Å². The molecule has 1 nitrogen and oxygen atoms in total. The van der Waals surface area contributed by atoms with E-state index < -0.39 is 8.32 Å². The average molecular weight is 345 g/mol. The molecule has 0 aliphatic rings. The molecule has 1 rings (SSSR count). The topological polar surface area (TPSA) is 9.23 Å². The highest BCUT2D eigenvalue weighted by atomic mass is 28.4. The Morgan fingerprint density at radius 2 is 1.79 bits per heavy atom. The van der Waals surface area contributed by atoms with Crippen LogP contribution in [0.5, 0.6) is 0 Å². The first-order valence-corrected chi connectivity index (χ1v) is 12.0. The van der Waals surface area contributed by atoms with E-state index in [1.807, 2.05) is 6.08 Å². The van der Waals surface area contributed by atoms with E-state index in [0.717, 1.165) is 12.8 Å². The van der Waals surface area contributed by atoms with Crippen LogP contribution >= 0.6 is 0 Å². The summed E-state index contributed by atoms with van der Waals surface area (Å²) in [5.41, 5.74) is 2.73. The molecule has 0 N–H and O–H groups in total. The van der Waals surface area contributed by atoms with Crippen LogP contribution in [0.2, 0.25) is 18.1 Å². The lowest BCUT2D eigenvalue weighted by Crippen LogP contribution is -2.45. The van der Waals surface area contributed by atoms with Gasteiger partial charge >= 0.3 is 0 Å². The summed E-state index contributed by atoms with van der Waals surface area (Å²) in [7, 11) is -1.80. The summed E-state index contributed by atoms with van der Waals surface area (Å²) < 4.78 is 6.72. The van der Waals surface area contributed by atoms with Crippen LogP contribution in [0.4, 0.5) is 0 Å². The van der Waals surface area contributed by atoms with Gasteiger partial charge in [-0.05, 0) is 49.0 Å². The second-order valence-electron chi connectivity index (χ2n) is 8.37. The quantitative estimate of drug-likeness (QED) is 0.373. The van der Waals surface area contributed by atoms with Crippen LogP contribution in [0.3, 0.4) is 0 Å². The van der Waals surface area contributed by atoms with Gasteiger partial charge in [-0.25, -0.2) is 0 Å². The summed E-state index contributed by atoms with van der Waals surface area (Å²) >= 11 is 0. The van der Waals surface area contributed by atoms with Gasteiger partial charge in [0.2, 0.25) is 0 Å². The van der Waals surface area contributed by atoms with Crippen LogP contribution in [0.15, 0.2) is 54.6 Å². The molecule has 0 saturated carbocycles. The van der Waals surface area contributed by atoms with E-state index in [-0.39, 0.29) is 11.1 Å². The van der Waals surface area contributed by atoms with Gasteiger partial charge in [-0.15, -0.1) is 6.58 Å². The predicted molar refractivity (Wildman–Crippen MR) is 110 cm³/mol. The Kier molecular flexibility index (Phi) is 7.69. The first kappa shape index (κ1) is 20.9. The Bertz CT molecular complexity index is 537. The Morgan fingerprint density at radius 3 is 2.29 bits per heavy atom. The van der Waals surface area contributed by atoms with Crippen molar-refractivity contribution in [3.8, 4) is 0 Å². The number of benzene rings is 1. The zero-order chi connectivity index (χ0) is 18.4. The van der Waals surface area contributed by atoms with E-state index >= 15 is 0 Å². The van der Waals surface area contributed by atoms with E-state index in [9.17, 15) is 0 Å². The lowest BCUT2D eigenvalue weighted by atomic mass is 9.97. The van der Waals surface area contributed by atoms with Gasteiger partial charge in [0.15, 0.2) is 8.32 Å². The zero-order valence-corrected chi connectivity index (χ0v) is 17.7. The van der Waals surface area contributed by atoms with Gasteiger partial charge in [-0.1, -0.05) is 70.2 Å². The van der Waals surface area contributed by atoms with Crippen LogP contribution in [0, 0.1) is 5.92 Å². The highest BCUT2D eigenvalue weighted by Crippen LogP contribution is 2.39. The van der Waals surface area contributed by atoms with Crippen molar-refractivity contribution in [2.45, 2.75) is 71.7 Å². The Balaban J connectivity index is 2.83. The van der Waals surface area contributed by atoms with Crippen LogP contribution in [0.25, 0.3) is 0 Å². The molecule has 0 aliphatic heterocycles. The molecule has 0 aliphatic carbocycles. The normalized spacial score (nSPS) is 15.9. The van der Waals surface area contributed by atoms with Crippen molar-refractivity contribution in [2.75, 3.05) is 0 Å². The second kappa shape index (κ2) is 8.82. The second-order valence-corrected chi connectivity index (χ2v) is 13.1. The fraction of sp³-hybridized carbons (Fsp3) is 0.545. The maximum absolute atomic E-state index is 6.72. The summed E-state index contributed by atoms with van der Waals surface area (Å²) in [6.07, 6.45) is 6.64. The number of aryl methyl sites for hydroxylation is 1. The third-order valence-corrected chi connectivity index (χ3v) is 9.72. The zero-order valence-electron chi connectivity index (χ0n) is 16.7. The van der Waals surface area contributed by atoms with Gasteiger partial charge in [-0.3, -0.25) is 0 Å². The van der Waals surface area contributed by atoms with E-state index in [2.05, 4.69) is 90.7 Å². The lowest BCUT2D eigenvalue weighted by Gasteiger charge is -2.41. The van der Waals surface area contributed by atoms with Crippen molar-refractivity contribution in [1.82, 2.24) is 0 Å². The average Bonchev–Trinajstić information content (AvgIpc) is 2.51. The molecule has 0 radical (unpaired) electrons. The number of hydrogen-bond donors (Lipinski definition) is 0.